The maximum absolute atomic E-state index is 12.3. The number of nitrogens with one attached hydrogen (secondary N) is 1. The number of halogens is 1. The molecule has 0 fully saturated rings. The van der Waals surface area contributed by atoms with Crippen molar-refractivity contribution >= 4 is 45.2 Å². The third-order valence-electron chi connectivity index (χ3n) is 2.90. The van der Waals surface area contributed by atoms with Gasteiger partial charge in [-0.2, -0.15) is 4.99 Å². The van der Waals surface area contributed by atoms with Gasteiger partial charge in [-0.15, -0.1) is 0 Å². The van der Waals surface area contributed by atoms with E-state index in [4.69, 9.17) is 5.11 Å². The second-order valence-corrected chi connectivity index (χ2v) is 6.56. The average molecular weight is 398 g/mol. The zero-order valence-electron chi connectivity index (χ0n) is 13.7. The molecule has 1 rings (SSSR count). The molecule has 8 heteroatoms. The van der Waals surface area contributed by atoms with Crippen molar-refractivity contribution in [3.63, 3.8) is 0 Å². The van der Waals surface area contributed by atoms with Gasteiger partial charge < -0.3 is 15.3 Å². The van der Waals surface area contributed by atoms with E-state index in [1.807, 2.05) is 13.8 Å². The molecule has 0 heterocycles. The van der Waals surface area contributed by atoms with E-state index >= 15 is 0 Å². The molecule has 0 aromatic heterocycles. The first-order valence-corrected chi connectivity index (χ1v) is 8.09. The van der Waals surface area contributed by atoms with Crippen LogP contribution in [0.15, 0.2) is 33.7 Å². The van der Waals surface area contributed by atoms with Gasteiger partial charge in [-0.25, -0.2) is 4.79 Å². The van der Waals surface area contributed by atoms with E-state index in [0.29, 0.717) is 5.69 Å². The number of urea groups is 1. The Balaban J connectivity index is 2.90. The Hall–Kier alpha value is -2.22. The summed E-state index contributed by atoms with van der Waals surface area (Å²) in [5, 5.41) is 11.4. The van der Waals surface area contributed by atoms with Gasteiger partial charge in [-0.3, -0.25) is 9.59 Å². The number of anilines is 1. The van der Waals surface area contributed by atoms with Crippen LogP contribution in [0.4, 0.5) is 10.5 Å². The number of amides is 3. The first kappa shape index (κ1) is 19.8. The topological polar surface area (TPSA) is 99.1 Å². The van der Waals surface area contributed by atoms with Gasteiger partial charge in [0.1, 0.15) is 12.3 Å². The Morgan fingerprint density at radius 2 is 1.83 bits per heavy atom. The summed E-state index contributed by atoms with van der Waals surface area (Å²) in [4.78, 5) is 39.9. The minimum absolute atomic E-state index is 0.0309. The number of hydrogen-bond acceptors (Lipinski definition) is 3. The Morgan fingerprint density at radius 3 is 2.33 bits per heavy atom. The van der Waals surface area contributed by atoms with E-state index in [9.17, 15) is 14.4 Å². The van der Waals surface area contributed by atoms with Gasteiger partial charge in [-0.1, -0.05) is 29.8 Å². The molecule has 1 aromatic rings. The Labute approximate surface area is 148 Å². The standard InChI is InChI=1S/C16H20BrN3O4/c1-10(2)8-13(15(23)20(3)9-14(21)22)19-16(24)18-12-6-4-11(17)5-7-12/h4-7,10H,8-9H2,1-3H3,(H,18,24)(H,21,22). The van der Waals surface area contributed by atoms with Crippen molar-refractivity contribution in [1.82, 2.24) is 4.90 Å². The fourth-order valence-electron chi connectivity index (χ4n) is 1.87. The van der Waals surface area contributed by atoms with Crippen LogP contribution in [0.3, 0.4) is 0 Å². The highest BCUT2D eigenvalue weighted by Crippen LogP contribution is 2.14. The van der Waals surface area contributed by atoms with Crippen LogP contribution in [-0.4, -0.2) is 47.2 Å². The minimum Gasteiger partial charge on any atom is -0.480 e. The van der Waals surface area contributed by atoms with E-state index in [-0.39, 0.29) is 18.1 Å². The average Bonchev–Trinajstić information content (AvgIpc) is 2.47. The van der Waals surface area contributed by atoms with E-state index in [1.54, 1.807) is 24.3 Å². The lowest BCUT2D eigenvalue weighted by Crippen LogP contribution is -2.38. The van der Waals surface area contributed by atoms with Crippen LogP contribution in [0.1, 0.15) is 20.3 Å². The van der Waals surface area contributed by atoms with E-state index in [0.717, 1.165) is 9.37 Å². The molecule has 0 radical (unpaired) electrons. The number of aliphatic carboxylic acids is 1. The largest absolute Gasteiger partial charge is 0.480 e. The van der Waals surface area contributed by atoms with E-state index in [2.05, 4.69) is 26.2 Å². The normalized spacial score (nSPS) is 11.3. The van der Waals surface area contributed by atoms with Crippen molar-refractivity contribution < 1.29 is 19.5 Å². The van der Waals surface area contributed by atoms with Gasteiger partial charge in [0.2, 0.25) is 0 Å². The number of rotatable bonds is 6. The number of benzene rings is 1. The second kappa shape index (κ2) is 9.17. The predicted molar refractivity (Wildman–Crippen MR) is 95.3 cm³/mol. The van der Waals surface area contributed by atoms with Crippen LogP contribution in [0.5, 0.6) is 0 Å². The Morgan fingerprint density at radius 1 is 1.25 bits per heavy atom. The zero-order chi connectivity index (χ0) is 18.3. The molecule has 1 aromatic carbocycles. The molecule has 0 aliphatic rings. The maximum Gasteiger partial charge on any atom is 0.345 e. The fraction of sp³-hybridized carbons (Fsp3) is 0.375. The molecule has 24 heavy (non-hydrogen) atoms. The number of nitrogens with zero attached hydrogens (tertiary/aromatic N) is 2. The zero-order valence-corrected chi connectivity index (χ0v) is 15.3. The molecule has 3 amide bonds. The highest BCUT2D eigenvalue weighted by molar-refractivity contribution is 9.10. The molecular weight excluding hydrogens is 378 g/mol. The molecule has 0 bridgehead atoms. The summed E-state index contributed by atoms with van der Waals surface area (Å²) in [7, 11) is 1.36. The second-order valence-electron chi connectivity index (χ2n) is 5.65. The van der Waals surface area contributed by atoms with Crippen molar-refractivity contribution in [3.8, 4) is 0 Å². The number of hydrogen-bond donors (Lipinski definition) is 2. The molecule has 0 aliphatic heterocycles. The summed E-state index contributed by atoms with van der Waals surface area (Å²) in [6, 6.07) is 6.24. The summed E-state index contributed by atoms with van der Waals surface area (Å²) in [5.41, 5.74) is 0.575. The number of carbonyl (C=O) groups excluding carboxylic acids is 2. The third-order valence-corrected chi connectivity index (χ3v) is 3.43. The molecular formula is C16H20BrN3O4. The van der Waals surface area contributed by atoms with Crippen molar-refractivity contribution in [1.29, 1.82) is 0 Å². The molecule has 0 unspecified atom stereocenters. The van der Waals surface area contributed by atoms with Crippen LogP contribution >= 0.6 is 15.9 Å². The third kappa shape index (κ3) is 6.91. The Kier molecular flexibility index (Phi) is 7.57. The minimum atomic E-state index is -1.13. The SMILES string of the molecule is CC(C)CC(=NC(=O)Nc1ccc(Br)cc1)C(=O)N(C)CC(=O)O. The molecule has 0 aliphatic carbocycles. The molecule has 0 spiro atoms. The highest BCUT2D eigenvalue weighted by Gasteiger charge is 2.20. The van der Waals surface area contributed by atoms with Crippen molar-refractivity contribution in [2.75, 3.05) is 18.9 Å². The molecule has 7 nitrogen and oxygen atoms in total. The van der Waals surface area contributed by atoms with E-state index in [1.165, 1.54) is 7.05 Å². The van der Waals surface area contributed by atoms with Crippen molar-refractivity contribution in [2.24, 2.45) is 10.9 Å². The van der Waals surface area contributed by atoms with Crippen LogP contribution in [-0.2, 0) is 9.59 Å². The monoisotopic (exact) mass is 397 g/mol. The van der Waals surface area contributed by atoms with E-state index < -0.39 is 24.5 Å². The van der Waals surface area contributed by atoms with Gasteiger partial charge in [-0.05, 0) is 36.6 Å². The first-order valence-electron chi connectivity index (χ1n) is 7.30. The lowest BCUT2D eigenvalue weighted by Gasteiger charge is -2.17. The number of likely N-dealkylation sites (N-methyl/N-ethyl adjacent to an activating group) is 1. The smallest absolute Gasteiger partial charge is 0.345 e. The summed E-state index contributed by atoms with van der Waals surface area (Å²) in [5.74, 6) is -1.61. The molecule has 0 atom stereocenters. The first-order chi connectivity index (χ1) is 11.2. The quantitative estimate of drug-likeness (QED) is 0.720. The van der Waals surface area contributed by atoms with Gasteiger partial charge in [0.05, 0.1) is 0 Å². The van der Waals surface area contributed by atoms with Crippen LogP contribution in [0, 0.1) is 5.92 Å². The summed E-state index contributed by atoms with van der Waals surface area (Å²) in [6.45, 7) is 3.31. The van der Waals surface area contributed by atoms with Gasteiger partial charge in [0.25, 0.3) is 5.91 Å². The summed E-state index contributed by atoms with van der Waals surface area (Å²) < 4.78 is 0.870. The molecule has 0 saturated heterocycles. The van der Waals surface area contributed by atoms with Gasteiger partial charge in [0.15, 0.2) is 0 Å². The number of carbonyl (C=O) groups is 3. The van der Waals surface area contributed by atoms with Crippen molar-refractivity contribution in [2.45, 2.75) is 20.3 Å². The van der Waals surface area contributed by atoms with Gasteiger partial charge in [0, 0.05) is 17.2 Å². The number of carboxylic acid groups (broad SMARTS) is 1. The summed E-state index contributed by atoms with van der Waals surface area (Å²) >= 11 is 3.30. The predicted octanol–water partition coefficient (Wildman–Crippen LogP) is 3.01. The highest BCUT2D eigenvalue weighted by atomic mass is 79.9. The molecule has 2 N–H and O–H groups in total. The van der Waals surface area contributed by atoms with Crippen LogP contribution < -0.4 is 5.32 Å². The Bertz CT molecular complexity index is 641. The number of carboxylic acids is 1. The van der Waals surface area contributed by atoms with Crippen LogP contribution in [0.25, 0.3) is 0 Å². The summed E-state index contributed by atoms with van der Waals surface area (Å²) in [6.07, 6.45) is 0.274. The van der Waals surface area contributed by atoms with Crippen molar-refractivity contribution in [3.05, 3.63) is 28.7 Å². The van der Waals surface area contributed by atoms with Gasteiger partial charge >= 0.3 is 12.0 Å². The fourth-order valence-corrected chi connectivity index (χ4v) is 2.13. The molecule has 0 saturated carbocycles. The maximum atomic E-state index is 12.3. The number of aliphatic imine (C=N–C) groups is 1. The lowest BCUT2D eigenvalue weighted by atomic mass is 10.1. The molecule has 130 valence electrons. The lowest BCUT2D eigenvalue weighted by molar-refractivity contribution is -0.141. The van der Waals surface area contributed by atoms with Crippen LogP contribution in [0.2, 0.25) is 0 Å².